The molecule has 0 saturated heterocycles. The molecule has 0 fully saturated rings. The number of nitrogens with one attached hydrogen (secondary N) is 1. The number of aromatic nitrogens is 2. The highest BCUT2D eigenvalue weighted by atomic mass is 32.1. The Balaban J connectivity index is 1.87. The van der Waals surface area contributed by atoms with Crippen molar-refractivity contribution in [2.24, 2.45) is 0 Å². The van der Waals surface area contributed by atoms with E-state index in [1.54, 1.807) is 22.7 Å². The number of thiazole rings is 2. The predicted molar refractivity (Wildman–Crippen MR) is 69.0 cm³/mol. The van der Waals surface area contributed by atoms with Crippen molar-refractivity contribution in [3.05, 3.63) is 31.7 Å². The quantitative estimate of drug-likeness (QED) is 0.910. The largest absolute Gasteiger partial charge is 0.305 e. The first-order valence-corrected chi connectivity index (χ1v) is 6.89. The molecule has 2 rings (SSSR count). The average molecular weight is 253 g/mol. The van der Waals surface area contributed by atoms with E-state index < -0.39 is 0 Å². The Labute approximate surface area is 104 Å². The van der Waals surface area contributed by atoms with Gasteiger partial charge >= 0.3 is 0 Å². The predicted octanol–water partition coefficient (Wildman–Crippen LogP) is 2.81. The van der Waals surface area contributed by atoms with Gasteiger partial charge in [-0.15, -0.1) is 22.7 Å². The summed E-state index contributed by atoms with van der Waals surface area (Å²) < 4.78 is 0. The van der Waals surface area contributed by atoms with Crippen LogP contribution in [0.4, 0.5) is 0 Å². The van der Waals surface area contributed by atoms with Gasteiger partial charge in [0.2, 0.25) is 0 Å². The monoisotopic (exact) mass is 253 g/mol. The van der Waals surface area contributed by atoms with Crippen LogP contribution in [0.15, 0.2) is 5.51 Å². The standard InChI is InChI=1S/C11H15N3S2/c1-7-9(3)16-11(14-7)5-12-4-10-8(2)13-6-15-10/h6,12H,4-5H2,1-3H3. The van der Waals surface area contributed by atoms with Crippen molar-refractivity contribution >= 4 is 22.7 Å². The van der Waals surface area contributed by atoms with Crippen molar-refractivity contribution in [1.29, 1.82) is 0 Å². The van der Waals surface area contributed by atoms with E-state index >= 15 is 0 Å². The molecule has 86 valence electrons. The molecule has 0 aliphatic rings. The number of nitrogens with zero attached hydrogens (tertiary/aromatic N) is 2. The maximum Gasteiger partial charge on any atom is 0.107 e. The summed E-state index contributed by atoms with van der Waals surface area (Å²) >= 11 is 3.47. The van der Waals surface area contributed by atoms with E-state index in [1.165, 1.54) is 9.75 Å². The van der Waals surface area contributed by atoms with Crippen LogP contribution in [0.2, 0.25) is 0 Å². The number of rotatable bonds is 4. The molecule has 0 unspecified atom stereocenters. The van der Waals surface area contributed by atoms with Crippen LogP contribution < -0.4 is 5.32 Å². The summed E-state index contributed by atoms with van der Waals surface area (Å²) in [7, 11) is 0. The minimum absolute atomic E-state index is 0.844. The summed E-state index contributed by atoms with van der Waals surface area (Å²) in [5.41, 5.74) is 4.17. The Bertz CT molecular complexity index is 454. The van der Waals surface area contributed by atoms with Gasteiger partial charge in [-0.2, -0.15) is 0 Å². The highest BCUT2D eigenvalue weighted by Gasteiger charge is 2.04. The Morgan fingerprint density at radius 1 is 1.19 bits per heavy atom. The first-order valence-electron chi connectivity index (χ1n) is 5.19. The van der Waals surface area contributed by atoms with Crippen LogP contribution in [-0.4, -0.2) is 9.97 Å². The van der Waals surface area contributed by atoms with E-state index in [9.17, 15) is 0 Å². The van der Waals surface area contributed by atoms with Crippen LogP contribution >= 0.6 is 22.7 Å². The van der Waals surface area contributed by atoms with E-state index in [1.807, 2.05) is 12.4 Å². The molecular formula is C11H15N3S2. The van der Waals surface area contributed by atoms with E-state index in [2.05, 4.69) is 29.1 Å². The number of hydrogen-bond donors (Lipinski definition) is 1. The van der Waals surface area contributed by atoms with Gasteiger partial charge in [-0.3, -0.25) is 0 Å². The maximum atomic E-state index is 4.50. The summed E-state index contributed by atoms with van der Waals surface area (Å²) in [6, 6.07) is 0. The molecule has 0 bridgehead atoms. The molecule has 0 aromatic carbocycles. The third-order valence-corrected chi connectivity index (χ3v) is 4.49. The van der Waals surface area contributed by atoms with Crippen molar-refractivity contribution in [2.45, 2.75) is 33.9 Å². The van der Waals surface area contributed by atoms with Crippen molar-refractivity contribution in [3.8, 4) is 0 Å². The lowest BCUT2D eigenvalue weighted by atomic mass is 10.4. The lowest BCUT2D eigenvalue weighted by Gasteiger charge is -2.00. The second-order valence-electron chi connectivity index (χ2n) is 3.71. The highest BCUT2D eigenvalue weighted by molar-refractivity contribution is 7.11. The second-order valence-corrected chi connectivity index (χ2v) is 5.94. The molecule has 16 heavy (non-hydrogen) atoms. The molecule has 0 amide bonds. The zero-order valence-corrected chi connectivity index (χ0v) is 11.3. The van der Waals surface area contributed by atoms with Gasteiger partial charge in [-0.25, -0.2) is 9.97 Å². The minimum atomic E-state index is 0.844. The van der Waals surface area contributed by atoms with E-state index in [-0.39, 0.29) is 0 Å². The van der Waals surface area contributed by atoms with Crippen molar-refractivity contribution in [3.63, 3.8) is 0 Å². The van der Waals surface area contributed by atoms with E-state index in [0.29, 0.717) is 0 Å². The summed E-state index contributed by atoms with van der Waals surface area (Å²) in [5, 5.41) is 4.57. The van der Waals surface area contributed by atoms with Gasteiger partial charge in [-0.1, -0.05) is 0 Å². The minimum Gasteiger partial charge on any atom is -0.305 e. The van der Waals surface area contributed by atoms with Crippen molar-refractivity contribution < 1.29 is 0 Å². The Morgan fingerprint density at radius 3 is 2.56 bits per heavy atom. The van der Waals surface area contributed by atoms with Gasteiger partial charge in [0.15, 0.2) is 0 Å². The molecule has 2 aromatic rings. The topological polar surface area (TPSA) is 37.8 Å². The summed E-state index contributed by atoms with van der Waals surface area (Å²) in [4.78, 5) is 11.3. The maximum absolute atomic E-state index is 4.50. The SMILES string of the molecule is Cc1nc(CNCc2scnc2C)sc1C. The smallest absolute Gasteiger partial charge is 0.107 e. The van der Waals surface area contributed by atoms with Gasteiger partial charge in [0.05, 0.1) is 16.9 Å². The van der Waals surface area contributed by atoms with E-state index in [4.69, 9.17) is 0 Å². The lowest BCUT2D eigenvalue weighted by molar-refractivity contribution is 0.692. The summed E-state index contributed by atoms with van der Waals surface area (Å²) in [6.45, 7) is 7.95. The van der Waals surface area contributed by atoms with Crippen molar-refractivity contribution in [1.82, 2.24) is 15.3 Å². The first kappa shape index (κ1) is 11.7. The first-order chi connectivity index (χ1) is 7.66. The number of hydrogen-bond acceptors (Lipinski definition) is 5. The average Bonchev–Trinajstić information content (AvgIpc) is 2.76. The molecule has 3 nitrogen and oxygen atoms in total. The van der Waals surface area contributed by atoms with Crippen LogP contribution in [0.25, 0.3) is 0 Å². The molecule has 2 aromatic heterocycles. The van der Waals surface area contributed by atoms with E-state index in [0.717, 1.165) is 29.5 Å². The summed E-state index contributed by atoms with van der Waals surface area (Å²) in [6.07, 6.45) is 0. The molecule has 2 heterocycles. The fraction of sp³-hybridized carbons (Fsp3) is 0.455. The number of aryl methyl sites for hydroxylation is 3. The molecular weight excluding hydrogens is 238 g/mol. The normalized spacial score (nSPS) is 10.9. The lowest BCUT2D eigenvalue weighted by Crippen LogP contribution is -2.12. The van der Waals surface area contributed by atoms with Gasteiger partial charge in [0.25, 0.3) is 0 Å². The zero-order valence-electron chi connectivity index (χ0n) is 9.70. The molecule has 0 atom stereocenters. The van der Waals surface area contributed by atoms with Gasteiger partial charge < -0.3 is 5.32 Å². The molecule has 0 spiro atoms. The molecule has 0 radical (unpaired) electrons. The Kier molecular flexibility index (Phi) is 3.68. The zero-order chi connectivity index (χ0) is 11.5. The van der Waals surface area contributed by atoms with Crippen molar-refractivity contribution in [2.75, 3.05) is 0 Å². The molecule has 0 saturated carbocycles. The Hall–Kier alpha value is -0.780. The van der Waals surface area contributed by atoms with Crippen LogP contribution in [0.1, 0.15) is 26.1 Å². The van der Waals surface area contributed by atoms with Crippen LogP contribution in [0, 0.1) is 20.8 Å². The van der Waals surface area contributed by atoms with Crippen LogP contribution in [-0.2, 0) is 13.1 Å². The highest BCUT2D eigenvalue weighted by Crippen LogP contribution is 2.16. The fourth-order valence-electron chi connectivity index (χ4n) is 1.39. The second kappa shape index (κ2) is 5.03. The third kappa shape index (κ3) is 2.66. The fourth-order valence-corrected chi connectivity index (χ4v) is 3.04. The van der Waals surface area contributed by atoms with Gasteiger partial charge in [-0.05, 0) is 20.8 Å². The van der Waals surface area contributed by atoms with Crippen LogP contribution in [0.3, 0.4) is 0 Å². The molecule has 0 aliphatic heterocycles. The molecule has 5 heteroatoms. The molecule has 1 N–H and O–H groups in total. The molecule has 0 aliphatic carbocycles. The third-order valence-electron chi connectivity index (χ3n) is 2.48. The van der Waals surface area contributed by atoms with Gasteiger partial charge in [0, 0.05) is 22.8 Å². The Morgan fingerprint density at radius 2 is 2.00 bits per heavy atom. The van der Waals surface area contributed by atoms with Crippen LogP contribution in [0.5, 0.6) is 0 Å². The van der Waals surface area contributed by atoms with Gasteiger partial charge in [0.1, 0.15) is 5.01 Å². The summed E-state index contributed by atoms with van der Waals surface area (Å²) in [5.74, 6) is 0.